The second-order valence-electron chi connectivity index (χ2n) is 5.04. The van der Waals surface area contributed by atoms with Gasteiger partial charge in [-0.15, -0.1) is 0 Å². The third-order valence-electron chi connectivity index (χ3n) is 3.56. The molecule has 21 heavy (non-hydrogen) atoms. The SMILES string of the molecule is CN1CCCCC1COC(=O)Oc1ccc([N+](=O)[O-])cc1. The smallest absolute Gasteiger partial charge is 0.432 e. The predicted molar refractivity (Wildman–Crippen MR) is 75.3 cm³/mol. The van der Waals surface area contributed by atoms with Gasteiger partial charge in [-0.3, -0.25) is 10.1 Å². The number of carbonyl (C=O) groups is 1. The van der Waals surface area contributed by atoms with Crippen LogP contribution in [-0.2, 0) is 4.74 Å². The maximum Gasteiger partial charge on any atom is 0.513 e. The van der Waals surface area contributed by atoms with Gasteiger partial charge in [-0.2, -0.15) is 0 Å². The summed E-state index contributed by atoms with van der Waals surface area (Å²) in [6.45, 7) is 1.30. The molecule has 0 aromatic heterocycles. The van der Waals surface area contributed by atoms with Crippen LogP contribution in [0.25, 0.3) is 0 Å². The third-order valence-corrected chi connectivity index (χ3v) is 3.56. The molecule has 1 aromatic carbocycles. The highest BCUT2D eigenvalue weighted by Crippen LogP contribution is 2.18. The Bertz CT molecular complexity index is 503. The summed E-state index contributed by atoms with van der Waals surface area (Å²) < 4.78 is 10.1. The Morgan fingerprint density at radius 2 is 2.10 bits per heavy atom. The fraction of sp³-hybridized carbons (Fsp3) is 0.500. The average Bonchev–Trinajstić information content (AvgIpc) is 2.47. The van der Waals surface area contributed by atoms with Crippen molar-refractivity contribution in [1.82, 2.24) is 4.90 Å². The van der Waals surface area contributed by atoms with E-state index in [2.05, 4.69) is 4.90 Å². The fourth-order valence-electron chi connectivity index (χ4n) is 2.28. The van der Waals surface area contributed by atoms with Gasteiger partial charge in [0.25, 0.3) is 5.69 Å². The number of likely N-dealkylation sites (N-methyl/N-ethyl adjacent to an activating group) is 1. The first-order valence-corrected chi connectivity index (χ1v) is 6.85. The molecule has 1 aromatic rings. The quantitative estimate of drug-likeness (QED) is 0.367. The highest BCUT2D eigenvalue weighted by atomic mass is 16.7. The number of hydrogen-bond acceptors (Lipinski definition) is 6. The topological polar surface area (TPSA) is 81.9 Å². The molecule has 7 heteroatoms. The fourth-order valence-corrected chi connectivity index (χ4v) is 2.28. The molecule has 1 aliphatic rings. The first-order valence-electron chi connectivity index (χ1n) is 6.85. The molecular formula is C14H18N2O5. The molecule has 1 aliphatic heterocycles. The zero-order chi connectivity index (χ0) is 15.2. The zero-order valence-electron chi connectivity index (χ0n) is 11.9. The monoisotopic (exact) mass is 294 g/mol. The van der Waals surface area contributed by atoms with Crippen molar-refractivity contribution in [2.24, 2.45) is 0 Å². The predicted octanol–water partition coefficient (Wildman–Crippen LogP) is 2.59. The molecule has 2 rings (SSSR count). The van der Waals surface area contributed by atoms with Crippen molar-refractivity contribution in [2.45, 2.75) is 25.3 Å². The van der Waals surface area contributed by atoms with Gasteiger partial charge in [0, 0.05) is 18.2 Å². The van der Waals surface area contributed by atoms with Crippen LogP contribution in [0, 0.1) is 10.1 Å². The first-order chi connectivity index (χ1) is 10.1. The average molecular weight is 294 g/mol. The number of rotatable bonds is 4. The summed E-state index contributed by atoms with van der Waals surface area (Å²) in [4.78, 5) is 23.8. The van der Waals surface area contributed by atoms with Crippen molar-refractivity contribution in [3.8, 4) is 5.75 Å². The van der Waals surface area contributed by atoms with E-state index in [9.17, 15) is 14.9 Å². The van der Waals surface area contributed by atoms with Crippen molar-refractivity contribution in [3.05, 3.63) is 34.4 Å². The van der Waals surface area contributed by atoms with E-state index >= 15 is 0 Å². The standard InChI is InChI=1S/C14H18N2O5/c1-15-9-3-2-4-12(15)10-20-14(17)21-13-7-5-11(6-8-13)16(18)19/h5-8,12H,2-4,9-10H2,1H3. The van der Waals surface area contributed by atoms with Crippen molar-refractivity contribution < 1.29 is 19.2 Å². The Balaban J connectivity index is 1.80. The second kappa shape index (κ2) is 7.03. The van der Waals surface area contributed by atoms with Gasteiger partial charge in [0.1, 0.15) is 12.4 Å². The number of nitro groups is 1. The van der Waals surface area contributed by atoms with Crippen LogP contribution < -0.4 is 4.74 Å². The first kappa shape index (κ1) is 15.2. The number of benzene rings is 1. The minimum Gasteiger partial charge on any atom is -0.432 e. The van der Waals surface area contributed by atoms with Crippen LogP contribution in [0.2, 0.25) is 0 Å². The van der Waals surface area contributed by atoms with Gasteiger partial charge in [-0.25, -0.2) is 4.79 Å². The largest absolute Gasteiger partial charge is 0.513 e. The van der Waals surface area contributed by atoms with Gasteiger partial charge in [0.05, 0.1) is 4.92 Å². The Morgan fingerprint density at radius 3 is 2.71 bits per heavy atom. The van der Waals surface area contributed by atoms with Crippen LogP contribution in [0.4, 0.5) is 10.5 Å². The Labute approximate surface area is 122 Å². The van der Waals surface area contributed by atoms with Gasteiger partial charge in [-0.05, 0) is 38.6 Å². The normalized spacial score (nSPS) is 19.0. The van der Waals surface area contributed by atoms with Gasteiger partial charge in [-0.1, -0.05) is 6.42 Å². The highest BCUT2D eigenvalue weighted by Gasteiger charge is 2.21. The Kier molecular flexibility index (Phi) is 5.10. The maximum absolute atomic E-state index is 11.6. The van der Waals surface area contributed by atoms with Crippen LogP contribution in [-0.4, -0.2) is 42.2 Å². The summed E-state index contributed by atoms with van der Waals surface area (Å²) in [5, 5.41) is 10.5. The molecule has 0 bridgehead atoms. The van der Waals surface area contributed by atoms with E-state index in [1.54, 1.807) is 0 Å². The van der Waals surface area contributed by atoms with Crippen LogP contribution >= 0.6 is 0 Å². The molecule has 0 saturated carbocycles. The van der Waals surface area contributed by atoms with Crippen LogP contribution in [0.15, 0.2) is 24.3 Å². The molecule has 1 saturated heterocycles. The van der Waals surface area contributed by atoms with Gasteiger partial charge in [0.2, 0.25) is 0 Å². The number of hydrogen-bond donors (Lipinski definition) is 0. The maximum atomic E-state index is 11.6. The number of nitrogens with zero attached hydrogens (tertiary/aromatic N) is 2. The lowest BCUT2D eigenvalue weighted by atomic mass is 10.0. The van der Waals surface area contributed by atoms with Crippen molar-refractivity contribution in [3.63, 3.8) is 0 Å². The van der Waals surface area contributed by atoms with Gasteiger partial charge >= 0.3 is 6.16 Å². The van der Waals surface area contributed by atoms with E-state index in [1.165, 1.54) is 30.7 Å². The number of non-ortho nitro benzene ring substituents is 1. The molecule has 0 spiro atoms. The van der Waals surface area contributed by atoms with E-state index in [1.807, 2.05) is 7.05 Å². The summed E-state index contributed by atoms with van der Waals surface area (Å²) >= 11 is 0. The lowest BCUT2D eigenvalue weighted by Gasteiger charge is -2.31. The summed E-state index contributed by atoms with van der Waals surface area (Å²) in [7, 11) is 2.01. The van der Waals surface area contributed by atoms with Gasteiger partial charge in [0.15, 0.2) is 0 Å². The van der Waals surface area contributed by atoms with E-state index in [-0.39, 0.29) is 17.5 Å². The van der Waals surface area contributed by atoms with Gasteiger partial charge < -0.3 is 14.4 Å². The lowest BCUT2D eigenvalue weighted by molar-refractivity contribution is -0.384. The molecule has 0 N–H and O–H groups in total. The Hall–Kier alpha value is -2.15. The lowest BCUT2D eigenvalue weighted by Crippen LogP contribution is -2.40. The van der Waals surface area contributed by atoms with Crippen molar-refractivity contribution in [2.75, 3.05) is 20.2 Å². The summed E-state index contributed by atoms with van der Waals surface area (Å²) in [6.07, 6.45) is 2.51. The second-order valence-corrected chi connectivity index (χ2v) is 5.04. The molecule has 7 nitrogen and oxygen atoms in total. The summed E-state index contributed by atoms with van der Waals surface area (Å²) in [5.41, 5.74) is -0.0560. The van der Waals surface area contributed by atoms with E-state index < -0.39 is 11.1 Å². The molecule has 0 radical (unpaired) electrons. The van der Waals surface area contributed by atoms with Crippen LogP contribution in [0.3, 0.4) is 0 Å². The number of nitro benzene ring substituents is 1. The number of carbonyl (C=O) groups excluding carboxylic acids is 1. The number of likely N-dealkylation sites (tertiary alicyclic amines) is 1. The van der Waals surface area contributed by atoms with E-state index in [0.29, 0.717) is 6.61 Å². The molecule has 0 aliphatic carbocycles. The highest BCUT2D eigenvalue weighted by molar-refractivity contribution is 5.64. The summed E-state index contributed by atoms with van der Waals surface area (Å²) in [5.74, 6) is 0.225. The zero-order valence-corrected chi connectivity index (χ0v) is 11.9. The van der Waals surface area contributed by atoms with Crippen LogP contribution in [0.5, 0.6) is 5.75 Å². The van der Waals surface area contributed by atoms with Crippen molar-refractivity contribution in [1.29, 1.82) is 0 Å². The molecular weight excluding hydrogens is 276 g/mol. The third kappa shape index (κ3) is 4.42. The van der Waals surface area contributed by atoms with Crippen molar-refractivity contribution >= 4 is 11.8 Å². The molecule has 114 valence electrons. The molecule has 1 unspecified atom stereocenters. The molecule has 1 fully saturated rings. The molecule has 1 heterocycles. The van der Waals surface area contributed by atoms with Crippen LogP contribution in [0.1, 0.15) is 19.3 Å². The van der Waals surface area contributed by atoms with E-state index in [0.717, 1.165) is 19.4 Å². The Morgan fingerprint density at radius 1 is 1.38 bits per heavy atom. The molecule has 1 atom stereocenters. The van der Waals surface area contributed by atoms with E-state index in [4.69, 9.17) is 9.47 Å². The number of piperidine rings is 1. The molecule has 0 amide bonds. The summed E-state index contributed by atoms with van der Waals surface area (Å²) in [6, 6.07) is 5.51. The number of ether oxygens (including phenoxy) is 2. The minimum absolute atomic E-state index is 0.0560. The minimum atomic E-state index is -0.789.